The molecule has 32 nitrogen and oxygen atoms in total. The first-order valence-electron chi connectivity index (χ1n) is 18.2. The third-order valence-corrected chi connectivity index (χ3v) is 16.6. The molecular formula is C31H34N8O24S8. The molecule has 71 heavy (non-hydrogen) atoms. The second-order valence-electron chi connectivity index (χ2n) is 13.3. The summed E-state index contributed by atoms with van der Waals surface area (Å²) in [4.78, 5) is -4.35. The molecule has 0 aliphatic heterocycles. The van der Waals surface area contributed by atoms with Crippen molar-refractivity contribution in [3.8, 4) is 0 Å². The van der Waals surface area contributed by atoms with Gasteiger partial charge in [-0.2, -0.15) is 47.2 Å². The van der Waals surface area contributed by atoms with Gasteiger partial charge in [-0.05, 0) is 66.7 Å². The van der Waals surface area contributed by atoms with E-state index in [9.17, 15) is 76.4 Å². The molecule has 0 heterocycles. The highest BCUT2D eigenvalue weighted by molar-refractivity contribution is 7.92. The average Bonchev–Trinajstić information content (AvgIpc) is 3.22. The first-order chi connectivity index (χ1) is 32.4. The first kappa shape index (κ1) is 58.1. The number of hydrogen-bond acceptors (Lipinski definition) is 27. The molecule has 0 amide bonds. The van der Waals surface area contributed by atoms with Crippen LogP contribution in [0.2, 0.25) is 0 Å². The molecule has 8 N–H and O–H groups in total. The summed E-state index contributed by atoms with van der Waals surface area (Å²) in [7, 11) is -37.9. The lowest BCUT2D eigenvalue weighted by Crippen LogP contribution is -2.16. The highest BCUT2D eigenvalue weighted by Gasteiger charge is 2.26. The molecule has 0 saturated carbocycles. The maximum Gasteiger partial charge on any atom is 0.397 e. The SMILES string of the molecule is CNc1c(N=Nc2ccc(S(=O)(=O)CCOS(=O)(=O)O)cc2S(=O)(=O)O)cc(N=Nc2ccc(S(=O)(=O)CCOS(=O)(=O)O)cc2S(=O)(=O)O)c(N)c1N=Nc1ccc(S(=O)(=O)CCOS(=O)(=O)O)cc1. The summed E-state index contributed by atoms with van der Waals surface area (Å²) < 4.78 is 250. The second kappa shape index (κ2) is 22.1. The van der Waals surface area contributed by atoms with E-state index < -0.39 is 172 Å². The Morgan fingerprint density at radius 2 is 0.803 bits per heavy atom. The van der Waals surface area contributed by atoms with Crippen molar-refractivity contribution in [2.75, 3.05) is 55.2 Å². The summed E-state index contributed by atoms with van der Waals surface area (Å²) in [6.07, 6.45) is 0. The van der Waals surface area contributed by atoms with Gasteiger partial charge in [0.1, 0.15) is 38.2 Å². The Kier molecular flexibility index (Phi) is 18.1. The highest BCUT2D eigenvalue weighted by Crippen LogP contribution is 2.47. The minimum atomic E-state index is -5.36. The number of sulfone groups is 3. The number of nitrogens with zero attached hydrogens (tertiary/aromatic N) is 6. The van der Waals surface area contributed by atoms with Gasteiger partial charge in [-0.25, -0.2) is 37.8 Å². The van der Waals surface area contributed by atoms with Crippen molar-refractivity contribution in [3.05, 3.63) is 66.7 Å². The highest BCUT2D eigenvalue weighted by atomic mass is 32.3. The van der Waals surface area contributed by atoms with Crippen LogP contribution in [-0.4, -0.2) is 134 Å². The third-order valence-electron chi connectivity index (χ3n) is 8.43. The van der Waals surface area contributed by atoms with Gasteiger partial charge < -0.3 is 11.1 Å². The van der Waals surface area contributed by atoms with Crippen LogP contribution >= 0.6 is 0 Å². The van der Waals surface area contributed by atoms with E-state index >= 15 is 0 Å². The van der Waals surface area contributed by atoms with Crippen LogP contribution in [0, 0.1) is 0 Å². The average molecular weight is 1160 g/mol. The smallest absolute Gasteiger partial charge is 0.395 e. The van der Waals surface area contributed by atoms with E-state index in [1.165, 1.54) is 7.05 Å². The summed E-state index contributed by atoms with van der Waals surface area (Å²) in [6.45, 7) is -3.16. The molecule has 0 aliphatic carbocycles. The quantitative estimate of drug-likeness (QED) is 0.0301. The van der Waals surface area contributed by atoms with Gasteiger partial charge in [0.05, 0.1) is 68.8 Å². The summed E-state index contributed by atoms with van der Waals surface area (Å²) in [5.41, 5.74) is 2.68. The standard InChI is InChI=1S/C31H34N8O24S8/c1-33-30-26(38-36-24-9-7-22(17-28(24)68(49,50)51)66(44,45)15-12-63-71(58,59)60)18-25(29(32)31(30)39-34-19-2-4-20(5-3-19)64(40,41)13-10-61-69(52,53)54)37-35-23-8-6-21(16-27(23)67(46,47)48)65(42,43)14-11-62-70(55,56)57/h2-9,16-18,33H,10-15,32H2,1H3,(H,46,47,48)(H,49,50,51)(H,52,53,54)(H,55,56,57)(H,58,59,60). The zero-order valence-electron chi connectivity index (χ0n) is 35.1. The van der Waals surface area contributed by atoms with Crippen LogP contribution in [-0.2, 0) is 93.5 Å². The number of nitrogens with two attached hydrogens (primary N) is 1. The van der Waals surface area contributed by atoms with Crippen LogP contribution in [0.4, 0.5) is 45.5 Å². The zero-order chi connectivity index (χ0) is 53.6. The number of anilines is 2. The van der Waals surface area contributed by atoms with Gasteiger partial charge in [0, 0.05) is 7.05 Å². The van der Waals surface area contributed by atoms with E-state index in [-0.39, 0.29) is 16.3 Å². The number of benzene rings is 4. The Bertz CT molecular complexity index is 3740. The van der Waals surface area contributed by atoms with Gasteiger partial charge in [0.2, 0.25) is 0 Å². The fourth-order valence-electron chi connectivity index (χ4n) is 5.27. The lowest BCUT2D eigenvalue weighted by Gasteiger charge is -2.13. The van der Waals surface area contributed by atoms with E-state index in [1.807, 2.05) is 0 Å². The molecule has 390 valence electrons. The normalized spacial score (nSPS) is 13.7. The van der Waals surface area contributed by atoms with Crippen LogP contribution < -0.4 is 11.1 Å². The molecule has 4 aromatic carbocycles. The van der Waals surface area contributed by atoms with Crippen LogP contribution in [0.5, 0.6) is 0 Å². The molecule has 0 bridgehead atoms. The van der Waals surface area contributed by atoms with Gasteiger partial charge in [0.15, 0.2) is 29.5 Å². The van der Waals surface area contributed by atoms with Crippen molar-refractivity contribution in [3.63, 3.8) is 0 Å². The van der Waals surface area contributed by atoms with Crippen LogP contribution in [0.25, 0.3) is 0 Å². The van der Waals surface area contributed by atoms with Crippen molar-refractivity contribution in [2.24, 2.45) is 30.7 Å². The van der Waals surface area contributed by atoms with Gasteiger partial charge in [-0.15, -0.1) is 25.6 Å². The molecule has 0 aliphatic rings. The van der Waals surface area contributed by atoms with Crippen LogP contribution in [0.15, 0.2) is 122 Å². The number of rotatable bonds is 24. The Morgan fingerprint density at radius 1 is 0.451 bits per heavy atom. The summed E-state index contributed by atoms with van der Waals surface area (Å²) >= 11 is 0. The van der Waals surface area contributed by atoms with E-state index in [2.05, 4.69) is 48.6 Å². The molecule has 0 unspecified atom stereocenters. The molecule has 4 aromatic rings. The van der Waals surface area contributed by atoms with Crippen LogP contribution in [0.3, 0.4) is 0 Å². The molecule has 0 saturated heterocycles. The van der Waals surface area contributed by atoms with Gasteiger partial charge in [0.25, 0.3) is 20.2 Å². The van der Waals surface area contributed by atoms with Crippen molar-refractivity contribution in [2.45, 2.75) is 24.5 Å². The second-order valence-corrected chi connectivity index (χ2v) is 25.7. The minimum Gasteiger partial charge on any atom is -0.395 e. The van der Waals surface area contributed by atoms with Gasteiger partial charge in [-0.3, -0.25) is 22.8 Å². The lowest BCUT2D eigenvalue weighted by molar-refractivity contribution is 0.282. The summed E-state index contributed by atoms with van der Waals surface area (Å²) in [5, 5.41) is 26.1. The Labute approximate surface area is 403 Å². The molecule has 0 atom stereocenters. The molecular weight excluding hydrogens is 1120 g/mol. The fraction of sp³-hybridized carbons (Fsp3) is 0.226. The van der Waals surface area contributed by atoms with Crippen molar-refractivity contribution < 1.29 is 103 Å². The molecule has 0 spiro atoms. The van der Waals surface area contributed by atoms with E-state index in [1.54, 1.807) is 0 Å². The first-order valence-corrected chi connectivity index (χ1v) is 30.1. The monoisotopic (exact) mass is 1160 g/mol. The van der Waals surface area contributed by atoms with Gasteiger partial charge >= 0.3 is 31.2 Å². The number of azo groups is 3. The zero-order valence-corrected chi connectivity index (χ0v) is 41.6. The van der Waals surface area contributed by atoms with Crippen molar-refractivity contribution >= 4 is 126 Å². The molecule has 0 aromatic heterocycles. The van der Waals surface area contributed by atoms with E-state index in [0.29, 0.717) is 12.1 Å². The molecule has 0 radical (unpaired) electrons. The Morgan fingerprint density at radius 3 is 1.17 bits per heavy atom. The predicted octanol–water partition coefficient (Wildman–Crippen LogP) is 2.83. The summed E-state index contributed by atoms with van der Waals surface area (Å²) in [6, 6.07) is 9.08. The Balaban J connectivity index is 1.89. The molecule has 40 heteroatoms. The van der Waals surface area contributed by atoms with Gasteiger partial charge in [-0.1, -0.05) is 0 Å². The van der Waals surface area contributed by atoms with Crippen molar-refractivity contribution in [1.82, 2.24) is 0 Å². The maximum absolute atomic E-state index is 12.8. The largest absolute Gasteiger partial charge is 0.397 e. The van der Waals surface area contributed by atoms with Crippen molar-refractivity contribution in [1.29, 1.82) is 0 Å². The number of nitrogen functional groups attached to an aromatic ring is 1. The van der Waals surface area contributed by atoms with E-state index in [4.69, 9.17) is 19.4 Å². The fourth-order valence-corrected chi connectivity index (χ4v) is 11.2. The minimum absolute atomic E-state index is 0.0930. The Hall–Kier alpha value is -5.44. The lowest BCUT2D eigenvalue weighted by atomic mass is 10.1. The molecule has 4 rings (SSSR count). The van der Waals surface area contributed by atoms with E-state index in [0.717, 1.165) is 54.6 Å². The number of nitrogens with one attached hydrogen (secondary N) is 1. The maximum atomic E-state index is 12.8. The topological polar surface area (TPSA) is 514 Å². The summed E-state index contributed by atoms with van der Waals surface area (Å²) in [5.74, 6) is -3.13. The van der Waals surface area contributed by atoms with Crippen LogP contribution in [0.1, 0.15) is 0 Å². The molecule has 0 fully saturated rings. The predicted molar refractivity (Wildman–Crippen MR) is 241 cm³/mol. The number of hydrogen-bond donors (Lipinski definition) is 7. The third kappa shape index (κ3) is 17.1.